The summed E-state index contributed by atoms with van der Waals surface area (Å²) < 4.78 is 15.0. The van der Waals surface area contributed by atoms with Crippen molar-refractivity contribution in [3.8, 4) is 39.5 Å². The summed E-state index contributed by atoms with van der Waals surface area (Å²) in [4.78, 5) is 14.8. The number of para-hydroxylation sites is 3. The van der Waals surface area contributed by atoms with Gasteiger partial charge in [0, 0.05) is 48.5 Å². The van der Waals surface area contributed by atoms with E-state index in [4.69, 9.17) is 18.8 Å². The molecule has 0 bridgehead atoms. The fourth-order valence-electron chi connectivity index (χ4n) is 9.72. The Labute approximate surface area is 420 Å². The number of furan rings is 2. The summed E-state index contributed by atoms with van der Waals surface area (Å²) in [6.07, 6.45) is 3.18. The van der Waals surface area contributed by atoms with E-state index < -0.39 is 8.07 Å². The molecule has 0 atom stereocenters. The van der Waals surface area contributed by atoms with Gasteiger partial charge in [0.1, 0.15) is 5.58 Å². The van der Waals surface area contributed by atoms with Gasteiger partial charge in [0.15, 0.2) is 0 Å². The number of nitrogens with zero attached hydrogens (tertiary/aromatic N) is 4. The fraction of sp³-hybridized carbons (Fsp3) is 0.230. The van der Waals surface area contributed by atoms with E-state index in [9.17, 15) is 0 Å². The van der Waals surface area contributed by atoms with E-state index >= 15 is 0 Å². The Balaban J connectivity index is 0.000000184. The molecule has 0 unspecified atom stereocenters. The van der Waals surface area contributed by atoms with Gasteiger partial charge in [0.25, 0.3) is 0 Å². The second-order valence-electron chi connectivity index (χ2n) is 20.2. The minimum absolute atomic E-state index is 0. The number of aryl methyl sites for hydroxylation is 1. The van der Waals surface area contributed by atoms with Gasteiger partial charge in [0.05, 0.1) is 36.1 Å². The summed E-state index contributed by atoms with van der Waals surface area (Å²) in [7, 11) is -1.44. The van der Waals surface area contributed by atoms with Gasteiger partial charge < -0.3 is 18.4 Å². The first-order chi connectivity index (χ1) is 32.7. The topological polar surface area (TPSA) is 69.9 Å². The number of rotatable bonds is 9. The predicted molar refractivity (Wildman–Crippen MR) is 286 cm³/mol. The van der Waals surface area contributed by atoms with Crippen LogP contribution in [0, 0.1) is 25.0 Å². The van der Waals surface area contributed by atoms with Crippen LogP contribution in [0.1, 0.15) is 75.8 Å². The maximum absolute atomic E-state index is 6.44. The summed E-state index contributed by atoms with van der Waals surface area (Å²) in [5, 5.41) is 5.75. The van der Waals surface area contributed by atoms with Gasteiger partial charge in [-0.15, -0.1) is 36.4 Å². The van der Waals surface area contributed by atoms with E-state index in [1.165, 1.54) is 38.7 Å². The molecule has 0 aliphatic carbocycles. The number of aromatic nitrogens is 4. The van der Waals surface area contributed by atoms with Gasteiger partial charge in [-0.05, 0) is 107 Å². The molecule has 5 heterocycles. The van der Waals surface area contributed by atoms with Gasteiger partial charge >= 0.3 is 0 Å². The van der Waals surface area contributed by atoms with Crippen LogP contribution in [-0.2, 0) is 26.5 Å². The zero-order valence-electron chi connectivity index (χ0n) is 41.2. The van der Waals surface area contributed by atoms with Crippen LogP contribution >= 0.6 is 0 Å². The molecule has 0 aliphatic heterocycles. The molecule has 6 aromatic carbocycles. The number of imidazole rings is 1. The molecule has 11 rings (SSSR count). The van der Waals surface area contributed by atoms with Crippen molar-refractivity contribution in [3.05, 3.63) is 174 Å². The van der Waals surface area contributed by atoms with Gasteiger partial charge in [-0.1, -0.05) is 155 Å². The minimum Gasteiger partial charge on any atom is -0.501 e. The SMILES string of the molecule is CC(C)Cc1cc(-c2[c-]ccc3c2oc2ccccc23)ncc1[Si](C)(C)C.Cc1ccc2c(n1)oc1c(-c3nc4ccccc4n3-c3c(C(C)C)cc(-c4ccccc4)cc3C(C)C)[c-]ccc12.[Ir]. The standard InChI is InChI=1S/C37H32N3O.C24H26NOSi.Ir/c1-22(2)30-20-26(25-12-7-6-8-13-25)21-31(23(3)4)34(30)40-33-17-10-9-16-32(33)39-36(40)29-15-11-14-27-28-19-18-24(5)38-37(28)41-35(27)29;1-16(2)13-17-14-21(25-15-23(17)27(3,4)5)20-11-8-10-19-18-9-6-7-12-22(18)26-24(19)20;/h6-14,16-23H,1-5H3;6-10,12,14-16H,13H2,1-5H3;/q2*-1;. The van der Waals surface area contributed by atoms with E-state index in [-0.39, 0.29) is 20.1 Å². The molecule has 69 heavy (non-hydrogen) atoms. The number of benzene rings is 6. The minimum atomic E-state index is -1.44. The molecular weight excluding hydrogens is 1040 g/mol. The molecular formula is C61H58IrN4O2Si-2. The first kappa shape index (κ1) is 47.6. The van der Waals surface area contributed by atoms with Crippen LogP contribution < -0.4 is 5.19 Å². The number of hydrogen-bond acceptors (Lipinski definition) is 5. The van der Waals surface area contributed by atoms with Gasteiger partial charge in [0.2, 0.25) is 5.71 Å². The van der Waals surface area contributed by atoms with Gasteiger partial charge in [-0.2, -0.15) is 0 Å². The van der Waals surface area contributed by atoms with Crippen LogP contribution in [0.25, 0.3) is 94.5 Å². The fourth-order valence-corrected chi connectivity index (χ4v) is 11.3. The number of pyridine rings is 2. The maximum Gasteiger partial charge on any atom is 0.216 e. The Morgan fingerprint density at radius 1 is 0.623 bits per heavy atom. The Bertz CT molecular complexity index is 3620. The average molecular weight is 1100 g/mol. The third-order valence-corrected chi connectivity index (χ3v) is 15.1. The van der Waals surface area contributed by atoms with Crippen LogP contribution in [0.4, 0.5) is 0 Å². The Morgan fingerprint density at radius 3 is 1.96 bits per heavy atom. The molecule has 0 amide bonds. The Kier molecular flexibility index (Phi) is 13.2. The van der Waals surface area contributed by atoms with E-state index in [2.05, 4.69) is 186 Å². The summed E-state index contributed by atoms with van der Waals surface area (Å²) in [6, 6.07) is 53.3. The largest absolute Gasteiger partial charge is 0.501 e. The smallest absolute Gasteiger partial charge is 0.216 e. The third-order valence-electron chi connectivity index (χ3n) is 13.0. The summed E-state index contributed by atoms with van der Waals surface area (Å²) >= 11 is 0. The molecule has 6 nitrogen and oxygen atoms in total. The molecule has 5 aromatic heterocycles. The molecule has 0 saturated heterocycles. The van der Waals surface area contributed by atoms with E-state index in [0.717, 1.165) is 84.1 Å². The van der Waals surface area contributed by atoms with Crippen molar-refractivity contribution in [2.45, 2.75) is 86.4 Å². The molecule has 0 fully saturated rings. The first-order valence-electron chi connectivity index (χ1n) is 24.0. The van der Waals surface area contributed by atoms with Crippen molar-refractivity contribution < 1.29 is 28.9 Å². The molecule has 0 spiro atoms. The summed E-state index contributed by atoms with van der Waals surface area (Å²) in [5.41, 5.74) is 16.5. The monoisotopic (exact) mass is 1100 g/mol. The van der Waals surface area contributed by atoms with Crippen LogP contribution in [0.3, 0.4) is 0 Å². The number of hydrogen-bond donors (Lipinski definition) is 0. The average Bonchev–Trinajstić information content (AvgIpc) is 4.02. The number of fused-ring (bicyclic) bond motifs is 7. The molecule has 0 N–H and O–H groups in total. The van der Waals surface area contributed by atoms with Crippen molar-refractivity contribution in [2.75, 3.05) is 0 Å². The summed E-state index contributed by atoms with van der Waals surface area (Å²) in [5.74, 6) is 2.02. The van der Waals surface area contributed by atoms with Gasteiger partial charge in [-0.25, -0.2) is 4.98 Å². The van der Waals surface area contributed by atoms with Crippen LogP contribution in [0.2, 0.25) is 19.6 Å². The van der Waals surface area contributed by atoms with Gasteiger partial charge in [-0.3, -0.25) is 4.98 Å². The maximum atomic E-state index is 6.44. The molecule has 11 aromatic rings. The second kappa shape index (κ2) is 19.2. The van der Waals surface area contributed by atoms with E-state index in [1.54, 1.807) is 0 Å². The molecule has 8 heteroatoms. The zero-order chi connectivity index (χ0) is 47.4. The summed E-state index contributed by atoms with van der Waals surface area (Å²) in [6.45, 7) is 22.8. The van der Waals surface area contributed by atoms with Crippen molar-refractivity contribution >= 4 is 68.3 Å². The quantitative estimate of drug-likeness (QED) is 0.106. The zero-order valence-corrected chi connectivity index (χ0v) is 44.6. The molecule has 0 saturated carbocycles. The van der Waals surface area contributed by atoms with Crippen molar-refractivity contribution in [3.63, 3.8) is 0 Å². The van der Waals surface area contributed by atoms with Crippen LogP contribution in [0.15, 0.2) is 148 Å². The Morgan fingerprint density at radius 2 is 1.26 bits per heavy atom. The molecule has 0 aliphatic rings. The van der Waals surface area contributed by atoms with E-state index in [0.29, 0.717) is 23.5 Å². The first-order valence-corrected chi connectivity index (χ1v) is 27.5. The van der Waals surface area contributed by atoms with Crippen molar-refractivity contribution in [2.24, 2.45) is 5.92 Å². The normalized spacial score (nSPS) is 12.0. The predicted octanol–water partition coefficient (Wildman–Crippen LogP) is 16.2. The Hall–Kier alpha value is -6.44. The van der Waals surface area contributed by atoms with Crippen LogP contribution in [-0.4, -0.2) is 27.6 Å². The second-order valence-corrected chi connectivity index (χ2v) is 25.2. The van der Waals surface area contributed by atoms with Crippen molar-refractivity contribution in [1.82, 2.24) is 19.5 Å². The van der Waals surface area contributed by atoms with Crippen LogP contribution in [0.5, 0.6) is 0 Å². The van der Waals surface area contributed by atoms with Crippen molar-refractivity contribution in [1.29, 1.82) is 0 Å². The van der Waals surface area contributed by atoms with E-state index in [1.807, 2.05) is 43.3 Å². The molecule has 1 radical (unpaired) electrons. The third kappa shape index (κ3) is 9.02. The molecule has 349 valence electrons.